The maximum Gasteiger partial charge on any atom is 0.231 e. The third-order valence-corrected chi connectivity index (χ3v) is 6.50. The van der Waals surface area contributed by atoms with Gasteiger partial charge in [-0.1, -0.05) is 12.8 Å². The molecule has 3 aliphatic rings. The summed E-state index contributed by atoms with van der Waals surface area (Å²) in [5.74, 6) is 0.286. The molecule has 0 spiro atoms. The zero-order valence-electron chi connectivity index (χ0n) is 12.7. The minimum atomic E-state index is -3.22. The van der Waals surface area contributed by atoms with Crippen LogP contribution >= 0.6 is 0 Å². The van der Waals surface area contributed by atoms with E-state index in [0.29, 0.717) is 19.6 Å². The summed E-state index contributed by atoms with van der Waals surface area (Å²) in [5.41, 5.74) is -0.534. The molecule has 0 radical (unpaired) electrons. The Bertz CT molecular complexity index is 514. The lowest BCUT2D eigenvalue weighted by atomic mass is 9.79. The molecule has 2 atom stereocenters. The molecule has 7 heteroatoms. The van der Waals surface area contributed by atoms with E-state index in [0.717, 1.165) is 32.5 Å². The van der Waals surface area contributed by atoms with Crippen LogP contribution in [-0.2, 0) is 14.8 Å². The summed E-state index contributed by atoms with van der Waals surface area (Å²) in [4.78, 5) is 15.1. The van der Waals surface area contributed by atoms with Crippen LogP contribution in [0.15, 0.2) is 0 Å². The largest absolute Gasteiger partial charge is 0.342 e. The summed E-state index contributed by atoms with van der Waals surface area (Å²) in [7, 11) is -3.22. The summed E-state index contributed by atoms with van der Waals surface area (Å²) in [5, 5.41) is 3.30. The number of hydrogen-bond acceptors (Lipinski definition) is 4. The van der Waals surface area contributed by atoms with Gasteiger partial charge in [-0.25, -0.2) is 12.7 Å². The van der Waals surface area contributed by atoms with Gasteiger partial charge in [0.1, 0.15) is 0 Å². The third-order valence-electron chi connectivity index (χ3n) is 5.28. The van der Waals surface area contributed by atoms with Crippen LogP contribution in [0.4, 0.5) is 0 Å². The molecular formula is C14H25N3O3S. The van der Waals surface area contributed by atoms with Crippen molar-refractivity contribution in [2.45, 2.75) is 25.7 Å². The van der Waals surface area contributed by atoms with Crippen LogP contribution in [-0.4, -0.2) is 69.1 Å². The van der Waals surface area contributed by atoms with Gasteiger partial charge in [0.25, 0.3) is 0 Å². The minimum absolute atomic E-state index is 0.114. The Morgan fingerprint density at radius 3 is 2.48 bits per heavy atom. The van der Waals surface area contributed by atoms with E-state index in [1.165, 1.54) is 23.4 Å². The molecule has 0 aromatic rings. The Balaban J connectivity index is 1.82. The molecule has 1 amide bonds. The number of likely N-dealkylation sites (tertiary alicyclic amines) is 1. The molecule has 3 aliphatic heterocycles. The van der Waals surface area contributed by atoms with Crippen molar-refractivity contribution in [3.63, 3.8) is 0 Å². The van der Waals surface area contributed by atoms with Crippen molar-refractivity contribution in [2.24, 2.45) is 11.3 Å². The Kier molecular flexibility index (Phi) is 4.00. The predicted molar refractivity (Wildman–Crippen MR) is 80.3 cm³/mol. The molecule has 0 aromatic heterocycles. The van der Waals surface area contributed by atoms with E-state index >= 15 is 0 Å². The third kappa shape index (κ3) is 2.71. The summed E-state index contributed by atoms with van der Waals surface area (Å²) >= 11 is 0. The molecule has 120 valence electrons. The van der Waals surface area contributed by atoms with Gasteiger partial charge in [-0.3, -0.25) is 4.79 Å². The van der Waals surface area contributed by atoms with Crippen LogP contribution in [0.25, 0.3) is 0 Å². The van der Waals surface area contributed by atoms with Crippen molar-refractivity contribution in [1.82, 2.24) is 14.5 Å². The van der Waals surface area contributed by atoms with Gasteiger partial charge in [0.05, 0.1) is 11.7 Å². The van der Waals surface area contributed by atoms with Crippen molar-refractivity contribution >= 4 is 15.9 Å². The number of nitrogens with zero attached hydrogens (tertiary/aromatic N) is 2. The molecule has 3 heterocycles. The molecule has 3 fully saturated rings. The van der Waals surface area contributed by atoms with E-state index in [4.69, 9.17) is 0 Å². The second-order valence-corrected chi connectivity index (χ2v) is 8.73. The molecule has 1 N–H and O–H groups in total. The number of carbonyl (C=O) groups excluding carboxylic acids is 1. The maximum atomic E-state index is 13.1. The first-order valence-electron chi connectivity index (χ1n) is 7.89. The second kappa shape index (κ2) is 5.52. The van der Waals surface area contributed by atoms with Gasteiger partial charge in [0.2, 0.25) is 15.9 Å². The first kappa shape index (κ1) is 15.2. The standard InChI is InChI=1S/C14H25N3O3S/c1-21(19,20)17-9-12-8-15-10-14(12,11-17)13(18)16-6-4-2-3-5-7-16/h12,15H,2-11H2,1H3/t12-,14-/m1/s1. The number of hydrogen-bond donors (Lipinski definition) is 1. The fourth-order valence-corrected chi connectivity index (χ4v) is 4.93. The molecule has 21 heavy (non-hydrogen) atoms. The number of carbonyl (C=O) groups is 1. The van der Waals surface area contributed by atoms with Crippen LogP contribution in [0.1, 0.15) is 25.7 Å². The zero-order chi connectivity index (χ0) is 15.1. The Hall–Kier alpha value is -0.660. The Labute approximate surface area is 126 Å². The SMILES string of the molecule is CS(=O)(=O)N1C[C@H]2CNC[C@@]2(C(=O)N2CCCCCC2)C1. The highest BCUT2D eigenvalue weighted by atomic mass is 32.2. The van der Waals surface area contributed by atoms with Crippen molar-refractivity contribution in [3.8, 4) is 0 Å². The predicted octanol–water partition coefficient (Wildman–Crippen LogP) is -0.130. The lowest BCUT2D eigenvalue weighted by Crippen LogP contribution is -2.50. The highest BCUT2D eigenvalue weighted by molar-refractivity contribution is 7.88. The van der Waals surface area contributed by atoms with E-state index in [1.54, 1.807) is 0 Å². The fourth-order valence-electron chi connectivity index (χ4n) is 4.02. The number of nitrogens with one attached hydrogen (secondary N) is 1. The molecule has 0 aromatic carbocycles. The number of rotatable bonds is 2. The van der Waals surface area contributed by atoms with Gasteiger partial charge < -0.3 is 10.2 Å². The van der Waals surface area contributed by atoms with Crippen LogP contribution in [0.3, 0.4) is 0 Å². The molecule has 3 saturated heterocycles. The van der Waals surface area contributed by atoms with Crippen LogP contribution < -0.4 is 5.32 Å². The van der Waals surface area contributed by atoms with E-state index in [9.17, 15) is 13.2 Å². The van der Waals surface area contributed by atoms with E-state index in [2.05, 4.69) is 5.32 Å². The van der Waals surface area contributed by atoms with Gasteiger partial charge in [0.15, 0.2) is 0 Å². The molecule has 0 unspecified atom stereocenters. The maximum absolute atomic E-state index is 13.1. The number of sulfonamides is 1. The van der Waals surface area contributed by atoms with Gasteiger partial charge in [-0.15, -0.1) is 0 Å². The highest BCUT2D eigenvalue weighted by Crippen LogP contribution is 2.41. The summed E-state index contributed by atoms with van der Waals surface area (Å²) < 4.78 is 25.2. The van der Waals surface area contributed by atoms with E-state index in [1.807, 2.05) is 4.90 Å². The normalized spacial score (nSPS) is 34.7. The van der Waals surface area contributed by atoms with Crippen molar-refractivity contribution in [2.75, 3.05) is 45.5 Å². The monoisotopic (exact) mass is 315 g/mol. The first-order valence-corrected chi connectivity index (χ1v) is 9.73. The fraction of sp³-hybridized carbons (Fsp3) is 0.929. The van der Waals surface area contributed by atoms with Crippen molar-refractivity contribution in [1.29, 1.82) is 0 Å². The minimum Gasteiger partial charge on any atom is -0.342 e. The molecule has 0 aliphatic carbocycles. The van der Waals surface area contributed by atoms with Crippen molar-refractivity contribution < 1.29 is 13.2 Å². The average molecular weight is 315 g/mol. The Morgan fingerprint density at radius 2 is 1.86 bits per heavy atom. The summed E-state index contributed by atoms with van der Waals surface area (Å²) in [6.07, 6.45) is 5.75. The highest BCUT2D eigenvalue weighted by Gasteiger charge is 2.57. The van der Waals surface area contributed by atoms with E-state index in [-0.39, 0.29) is 11.8 Å². The van der Waals surface area contributed by atoms with E-state index < -0.39 is 15.4 Å². The Morgan fingerprint density at radius 1 is 1.19 bits per heavy atom. The van der Waals surface area contributed by atoms with Crippen LogP contribution in [0.2, 0.25) is 0 Å². The lowest BCUT2D eigenvalue weighted by molar-refractivity contribution is -0.141. The smallest absolute Gasteiger partial charge is 0.231 e. The van der Waals surface area contributed by atoms with Crippen molar-refractivity contribution in [3.05, 3.63) is 0 Å². The topological polar surface area (TPSA) is 69.7 Å². The number of amides is 1. The molecule has 0 saturated carbocycles. The number of fused-ring (bicyclic) bond motifs is 1. The molecular weight excluding hydrogens is 290 g/mol. The molecule has 0 bridgehead atoms. The summed E-state index contributed by atoms with van der Waals surface area (Å²) in [6, 6.07) is 0. The van der Waals surface area contributed by atoms with Crippen LogP contribution in [0.5, 0.6) is 0 Å². The second-order valence-electron chi connectivity index (χ2n) is 6.75. The van der Waals surface area contributed by atoms with Gasteiger partial charge >= 0.3 is 0 Å². The molecule has 6 nitrogen and oxygen atoms in total. The van der Waals surface area contributed by atoms with Gasteiger partial charge in [-0.2, -0.15) is 0 Å². The summed E-state index contributed by atoms with van der Waals surface area (Å²) in [6.45, 7) is 3.83. The average Bonchev–Trinajstić information content (AvgIpc) is 2.84. The molecule has 3 rings (SSSR count). The van der Waals surface area contributed by atoms with Crippen LogP contribution in [0, 0.1) is 11.3 Å². The van der Waals surface area contributed by atoms with Gasteiger partial charge in [-0.05, 0) is 12.8 Å². The lowest BCUT2D eigenvalue weighted by Gasteiger charge is -2.33. The van der Waals surface area contributed by atoms with Gasteiger partial charge in [0, 0.05) is 45.2 Å². The first-order chi connectivity index (χ1) is 9.93. The quantitative estimate of drug-likeness (QED) is 0.771. The zero-order valence-corrected chi connectivity index (χ0v) is 13.5.